The van der Waals surface area contributed by atoms with Gasteiger partial charge in [0.05, 0.1) is 19.5 Å². The van der Waals surface area contributed by atoms with Gasteiger partial charge in [-0.1, -0.05) is 0 Å². The van der Waals surface area contributed by atoms with Crippen LogP contribution in [0, 0.1) is 5.82 Å². The zero-order valence-corrected chi connectivity index (χ0v) is 21.5. The summed E-state index contributed by atoms with van der Waals surface area (Å²) in [5, 5.41) is 5.92. The summed E-state index contributed by atoms with van der Waals surface area (Å²) in [7, 11) is -3.32. The average Bonchev–Trinajstić information content (AvgIpc) is 2.85. The molecule has 0 radical (unpaired) electrons. The first-order chi connectivity index (χ1) is 17.9. The second kappa shape index (κ2) is 11.9. The number of hydrogen-bond acceptors (Lipinski definition) is 10. The van der Waals surface area contributed by atoms with Gasteiger partial charge in [-0.3, -0.25) is 4.90 Å². The van der Waals surface area contributed by atoms with Crippen molar-refractivity contribution in [2.75, 3.05) is 62.9 Å². The molecule has 2 saturated heterocycles. The van der Waals surface area contributed by atoms with Gasteiger partial charge in [0, 0.05) is 50.0 Å². The number of ether oxygens (including phenoxy) is 2. The van der Waals surface area contributed by atoms with E-state index in [0.29, 0.717) is 56.9 Å². The van der Waals surface area contributed by atoms with Crippen LogP contribution in [-0.4, -0.2) is 97.0 Å². The van der Waals surface area contributed by atoms with E-state index in [1.165, 1.54) is 16.4 Å². The number of sulfonamides is 1. The lowest BCUT2D eigenvalue weighted by Crippen LogP contribution is -2.42. The third kappa shape index (κ3) is 8.34. The molecule has 2 aliphatic rings. The number of benzene rings is 1. The molecular weight excluding hydrogens is 534 g/mol. The van der Waals surface area contributed by atoms with Crippen LogP contribution in [0.1, 0.15) is 18.4 Å². The molecule has 11 nitrogen and oxygen atoms in total. The third-order valence-electron chi connectivity index (χ3n) is 6.04. The van der Waals surface area contributed by atoms with Crippen LogP contribution < -0.4 is 15.4 Å². The highest BCUT2D eigenvalue weighted by Crippen LogP contribution is 2.24. The number of halogens is 4. The van der Waals surface area contributed by atoms with Crippen LogP contribution in [-0.2, 0) is 21.3 Å². The molecule has 0 saturated carbocycles. The van der Waals surface area contributed by atoms with Gasteiger partial charge in [-0.2, -0.15) is 28.1 Å². The molecule has 0 bridgehead atoms. The predicted molar refractivity (Wildman–Crippen MR) is 130 cm³/mol. The van der Waals surface area contributed by atoms with Crippen LogP contribution >= 0.6 is 0 Å². The number of anilines is 3. The molecule has 1 aromatic heterocycles. The second-order valence-electron chi connectivity index (χ2n) is 9.07. The molecule has 0 aliphatic carbocycles. The van der Waals surface area contributed by atoms with Crippen LogP contribution in [0.15, 0.2) is 18.2 Å². The number of hydrogen-bond donors (Lipinski definition) is 2. The fourth-order valence-corrected chi connectivity index (χ4v) is 4.98. The van der Waals surface area contributed by atoms with Gasteiger partial charge in [0.15, 0.2) is 6.61 Å². The number of rotatable bonds is 9. The molecule has 1 aromatic carbocycles. The van der Waals surface area contributed by atoms with Gasteiger partial charge in [-0.15, -0.1) is 0 Å². The van der Waals surface area contributed by atoms with Gasteiger partial charge in [0.1, 0.15) is 5.82 Å². The summed E-state index contributed by atoms with van der Waals surface area (Å²) in [5.41, 5.74) is 0.852. The smallest absolute Gasteiger partial charge is 0.422 e. The molecule has 0 unspecified atom stereocenters. The normalized spacial score (nSPS) is 18.3. The lowest BCUT2D eigenvalue weighted by atomic mass is 10.1. The maximum Gasteiger partial charge on any atom is 0.422 e. The fraction of sp³-hybridized carbons (Fsp3) is 0.591. The van der Waals surface area contributed by atoms with Crippen molar-refractivity contribution in [2.45, 2.75) is 31.6 Å². The Labute approximate surface area is 217 Å². The third-order valence-corrected chi connectivity index (χ3v) is 7.34. The number of nitrogens with zero attached hydrogens (tertiary/aromatic N) is 5. The van der Waals surface area contributed by atoms with Crippen LogP contribution in [0.2, 0.25) is 0 Å². The first kappa shape index (κ1) is 28.2. The standard InChI is InChI=1S/C22H29F4N7O4S/c1-38(34,35)33-6-4-16(5-7-33)27-19-29-20(31-21(30-19)37-14-22(24,25)26)28-17-2-3-18(23)15(12-17)13-32-8-10-36-11-9-32/h2-3,12,16H,4-11,13-14H2,1H3,(H2,27,28,29,30,31). The number of piperidine rings is 1. The lowest BCUT2D eigenvalue weighted by molar-refractivity contribution is -0.154. The predicted octanol–water partition coefficient (Wildman–Crippen LogP) is 2.36. The Hall–Kier alpha value is -2.82. The zero-order valence-electron chi connectivity index (χ0n) is 20.7. The minimum absolute atomic E-state index is 0.0341. The van der Waals surface area contributed by atoms with Crippen molar-refractivity contribution in [3.05, 3.63) is 29.6 Å². The molecule has 0 spiro atoms. The molecule has 38 heavy (non-hydrogen) atoms. The van der Waals surface area contributed by atoms with Crippen molar-refractivity contribution < 1.29 is 35.5 Å². The van der Waals surface area contributed by atoms with E-state index in [1.54, 1.807) is 6.07 Å². The molecule has 4 rings (SSSR count). The Morgan fingerprint density at radius 3 is 2.42 bits per heavy atom. The number of nitrogens with one attached hydrogen (secondary N) is 2. The van der Waals surface area contributed by atoms with Crippen molar-refractivity contribution in [1.29, 1.82) is 0 Å². The molecule has 3 heterocycles. The van der Waals surface area contributed by atoms with Gasteiger partial charge in [0.2, 0.25) is 21.9 Å². The Kier molecular flexibility index (Phi) is 8.85. The molecule has 2 fully saturated rings. The van der Waals surface area contributed by atoms with Gasteiger partial charge in [-0.05, 0) is 31.0 Å². The molecular formula is C22H29F4N7O4S. The van der Waals surface area contributed by atoms with Gasteiger partial charge >= 0.3 is 12.2 Å². The molecule has 2 aromatic rings. The van der Waals surface area contributed by atoms with Gasteiger partial charge < -0.3 is 20.1 Å². The summed E-state index contributed by atoms with van der Waals surface area (Å²) in [4.78, 5) is 14.2. The molecule has 0 amide bonds. The number of morpholine rings is 1. The molecule has 210 valence electrons. The minimum Gasteiger partial charge on any atom is -0.454 e. The van der Waals surface area contributed by atoms with Gasteiger partial charge in [0.25, 0.3) is 0 Å². The monoisotopic (exact) mass is 563 g/mol. The van der Waals surface area contributed by atoms with Crippen LogP contribution in [0.25, 0.3) is 0 Å². The first-order valence-corrected chi connectivity index (χ1v) is 13.8. The van der Waals surface area contributed by atoms with E-state index in [4.69, 9.17) is 9.47 Å². The zero-order chi connectivity index (χ0) is 27.3. The van der Waals surface area contributed by atoms with E-state index >= 15 is 0 Å². The van der Waals surface area contributed by atoms with E-state index in [1.807, 2.05) is 0 Å². The fourth-order valence-electron chi connectivity index (χ4n) is 4.11. The highest BCUT2D eigenvalue weighted by Gasteiger charge is 2.30. The molecule has 0 atom stereocenters. The lowest BCUT2D eigenvalue weighted by Gasteiger charge is -2.30. The van der Waals surface area contributed by atoms with Gasteiger partial charge in [-0.25, -0.2) is 17.1 Å². The van der Waals surface area contributed by atoms with Crippen molar-refractivity contribution in [3.8, 4) is 6.01 Å². The summed E-state index contributed by atoms with van der Waals surface area (Å²) in [6, 6.07) is 3.57. The average molecular weight is 564 g/mol. The minimum atomic E-state index is -4.60. The first-order valence-electron chi connectivity index (χ1n) is 12.0. The summed E-state index contributed by atoms with van der Waals surface area (Å²) >= 11 is 0. The largest absolute Gasteiger partial charge is 0.454 e. The van der Waals surface area contributed by atoms with Crippen molar-refractivity contribution in [3.63, 3.8) is 0 Å². The molecule has 16 heteroatoms. The van der Waals surface area contributed by atoms with E-state index in [9.17, 15) is 26.0 Å². The highest BCUT2D eigenvalue weighted by molar-refractivity contribution is 7.88. The van der Waals surface area contributed by atoms with E-state index in [-0.39, 0.29) is 31.0 Å². The van der Waals surface area contributed by atoms with Crippen LogP contribution in [0.5, 0.6) is 6.01 Å². The Morgan fingerprint density at radius 2 is 1.76 bits per heavy atom. The van der Waals surface area contributed by atoms with Crippen molar-refractivity contribution in [1.82, 2.24) is 24.2 Å². The molecule has 2 aliphatic heterocycles. The summed E-state index contributed by atoms with van der Waals surface area (Å²) in [6.45, 7) is 1.80. The summed E-state index contributed by atoms with van der Waals surface area (Å²) < 4.78 is 87.6. The summed E-state index contributed by atoms with van der Waals surface area (Å²) in [5.74, 6) is -0.528. The van der Waals surface area contributed by atoms with E-state index < -0.39 is 34.6 Å². The Balaban J connectivity index is 1.50. The van der Waals surface area contributed by atoms with Crippen molar-refractivity contribution in [2.24, 2.45) is 0 Å². The Bertz CT molecular complexity index is 1200. The number of aromatic nitrogens is 3. The number of alkyl halides is 3. The second-order valence-corrected chi connectivity index (χ2v) is 11.1. The maximum atomic E-state index is 14.5. The topological polar surface area (TPSA) is 122 Å². The van der Waals surface area contributed by atoms with Crippen molar-refractivity contribution >= 4 is 27.6 Å². The van der Waals surface area contributed by atoms with Crippen LogP contribution in [0.4, 0.5) is 35.1 Å². The maximum absolute atomic E-state index is 14.5. The van der Waals surface area contributed by atoms with E-state index in [0.717, 1.165) is 6.26 Å². The highest BCUT2D eigenvalue weighted by atomic mass is 32.2. The quantitative estimate of drug-likeness (QED) is 0.440. The molecule has 2 N–H and O–H groups in total. The van der Waals surface area contributed by atoms with E-state index in [2.05, 4.69) is 30.5 Å². The van der Waals surface area contributed by atoms with Crippen LogP contribution in [0.3, 0.4) is 0 Å². The Morgan fingerprint density at radius 1 is 1.08 bits per heavy atom. The SMILES string of the molecule is CS(=O)(=O)N1CCC(Nc2nc(Nc3ccc(F)c(CN4CCOCC4)c3)nc(OCC(F)(F)F)n2)CC1. The summed E-state index contributed by atoms with van der Waals surface area (Å²) in [6.07, 6.45) is -2.57.